The fourth-order valence-corrected chi connectivity index (χ4v) is 2.62. The second kappa shape index (κ2) is 6.38. The number of alkyl halides is 1. The minimum atomic E-state index is 0.602. The van der Waals surface area contributed by atoms with Crippen molar-refractivity contribution in [2.45, 2.75) is 46.6 Å². The Kier molecular flexibility index (Phi) is 4.81. The predicted molar refractivity (Wildman–Crippen MR) is 80.8 cm³/mol. The number of hydrogen-bond acceptors (Lipinski definition) is 2. The number of fused-ring (bicyclic) bond motifs is 1. The largest absolute Gasteiger partial charge is 0.312 e. The van der Waals surface area contributed by atoms with Gasteiger partial charge >= 0.3 is 0 Å². The van der Waals surface area contributed by atoms with Crippen molar-refractivity contribution in [1.29, 1.82) is 0 Å². The Bertz CT molecular complexity index is 544. The second-order valence-corrected chi connectivity index (χ2v) is 5.44. The lowest BCUT2D eigenvalue weighted by Crippen LogP contribution is -2.13. The molecule has 0 aromatic carbocycles. The number of aromatic nitrogens is 3. The van der Waals surface area contributed by atoms with Crippen molar-refractivity contribution in [3.8, 4) is 0 Å². The first-order valence-electron chi connectivity index (χ1n) is 7.07. The summed E-state index contributed by atoms with van der Waals surface area (Å²) < 4.78 is 2.27. The second-order valence-electron chi connectivity index (χ2n) is 5.06. The summed E-state index contributed by atoms with van der Waals surface area (Å²) in [6, 6.07) is 2.02. The van der Waals surface area contributed by atoms with E-state index in [0.29, 0.717) is 11.8 Å². The van der Waals surface area contributed by atoms with E-state index >= 15 is 0 Å². The highest BCUT2D eigenvalue weighted by molar-refractivity contribution is 6.17. The summed E-state index contributed by atoms with van der Waals surface area (Å²) in [7, 11) is 0. The predicted octanol–water partition coefficient (Wildman–Crippen LogP) is 3.96. The van der Waals surface area contributed by atoms with Crippen LogP contribution in [0.25, 0.3) is 11.2 Å². The molecule has 3 nitrogen and oxygen atoms in total. The third-order valence-electron chi connectivity index (χ3n) is 3.83. The highest BCUT2D eigenvalue weighted by Gasteiger charge is 2.15. The van der Waals surface area contributed by atoms with E-state index in [4.69, 9.17) is 16.6 Å². The van der Waals surface area contributed by atoms with E-state index in [1.807, 2.05) is 12.3 Å². The van der Waals surface area contributed by atoms with Gasteiger partial charge in [-0.05, 0) is 24.5 Å². The molecule has 0 aliphatic rings. The molecule has 0 radical (unpaired) electrons. The molecule has 0 bridgehead atoms. The molecule has 2 aromatic heterocycles. The van der Waals surface area contributed by atoms with Gasteiger partial charge in [0.05, 0.1) is 0 Å². The van der Waals surface area contributed by atoms with Gasteiger partial charge in [-0.1, -0.05) is 26.7 Å². The molecule has 0 N–H and O–H groups in total. The number of nitrogens with zero attached hydrogens (tertiary/aromatic N) is 3. The Balaban J connectivity index is 2.48. The Labute approximate surface area is 120 Å². The van der Waals surface area contributed by atoms with E-state index in [2.05, 4.69) is 30.3 Å². The normalized spacial score (nSPS) is 11.6. The first kappa shape index (κ1) is 14.3. The number of halogens is 1. The monoisotopic (exact) mass is 279 g/mol. The Hall–Kier alpha value is -1.09. The molecule has 4 heteroatoms. The SMILES string of the molecule is CCC(CC)Cn1c(CCCl)nc2c(C)ccnc21. The third-order valence-corrected chi connectivity index (χ3v) is 4.02. The average Bonchev–Trinajstić information content (AvgIpc) is 2.76. The Morgan fingerprint density at radius 2 is 2.05 bits per heavy atom. The van der Waals surface area contributed by atoms with Crippen molar-refractivity contribution in [2.24, 2.45) is 5.92 Å². The fraction of sp³-hybridized carbons (Fsp3) is 0.600. The number of hydrogen-bond donors (Lipinski definition) is 0. The molecule has 0 unspecified atom stereocenters. The number of aryl methyl sites for hydroxylation is 2. The molecule has 0 amide bonds. The molecule has 0 fully saturated rings. The minimum Gasteiger partial charge on any atom is -0.312 e. The molecule has 0 spiro atoms. The van der Waals surface area contributed by atoms with Crippen LogP contribution in [0.5, 0.6) is 0 Å². The molecule has 0 aliphatic heterocycles. The van der Waals surface area contributed by atoms with Crippen LogP contribution in [0.4, 0.5) is 0 Å². The van der Waals surface area contributed by atoms with Crippen molar-refractivity contribution >= 4 is 22.8 Å². The van der Waals surface area contributed by atoms with Crippen molar-refractivity contribution < 1.29 is 0 Å². The van der Waals surface area contributed by atoms with Crippen LogP contribution in [0.15, 0.2) is 12.3 Å². The van der Waals surface area contributed by atoms with E-state index in [1.165, 1.54) is 18.4 Å². The molecule has 0 saturated carbocycles. The van der Waals surface area contributed by atoms with Crippen molar-refractivity contribution in [3.63, 3.8) is 0 Å². The molecule has 19 heavy (non-hydrogen) atoms. The van der Waals surface area contributed by atoms with Crippen LogP contribution in [0.1, 0.15) is 38.1 Å². The van der Waals surface area contributed by atoms with Crippen LogP contribution in [-0.2, 0) is 13.0 Å². The summed E-state index contributed by atoms with van der Waals surface area (Å²) in [5.74, 6) is 2.35. The van der Waals surface area contributed by atoms with Gasteiger partial charge in [0.2, 0.25) is 0 Å². The van der Waals surface area contributed by atoms with E-state index in [0.717, 1.165) is 30.0 Å². The van der Waals surface area contributed by atoms with Crippen molar-refractivity contribution in [3.05, 3.63) is 23.7 Å². The molecule has 2 aromatic rings. The highest BCUT2D eigenvalue weighted by Crippen LogP contribution is 2.21. The molecule has 2 heterocycles. The van der Waals surface area contributed by atoms with Gasteiger partial charge in [-0.3, -0.25) is 0 Å². The third kappa shape index (κ3) is 2.92. The van der Waals surface area contributed by atoms with Crippen molar-refractivity contribution in [2.75, 3.05) is 5.88 Å². The molecule has 0 saturated heterocycles. The minimum absolute atomic E-state index is 0.602. The molecule has 104 valence electrons. The summed E-state index contributed by atoms with van der Waals surface area (Å²) in [4.78, 5) is 9.26. The summed E-state index contributed by atoms with van der Waals surface area (Å²) >= 11 is 5.91. The smallest absolute Gasteiger partial charge is 0.160 e. The van der Waals surface area contributed by atoms with Gasteiger partial charge in [-0.15, -0.1) is 11.6 Å². The quantitative estimate of drug-likeness (QED) is 0.750. The zero-order valence-corrected chi connectivity index (χ0v) is 12.7. The lowest BCUT2D eigenvalue weighted by atomic mass is 10.0. The maximum atomic E-state index is 5.91. The van der Waals surface area contributed by atoms with Crippen LogP contribution in [-0.4, -0.2) is 20.4 Å². The van der Waals surface area contributed by atoms with E-state index in [-0.39, 0.29) is 0 Å². The summed E-state index contributed by atoms with van der Waals surface area (Å²) in [6.45, 7) is 7.56. The maximum Gasteiger partial charge on any atom is 0.160 e. The van der Waals surface area contributed by atoms with Gasteiger partial charge in [-0.25, -0.2) is 9.97 Å². The van der Waals surface area contributed by atoms with Gasteiger partial charge in [0, 0.05) is 25.0 Å². The van der Waals surface area contributed by atoms with Gasteiger partial charge in [0.1, 0.15) is 11.3 Å². The zero-order chi connectivity index (χ0) is 13.8. The van der Waals surface area contributed by atoms with Crippen LogP contribution in [0.2, 0.25) is 0 Å². The molecular weight excluding hydrogens is 258 g/mol. The van der Waals surface area contributed by atoms with E-state index < -0.39 is 0 Å². The Morgan fingerprint density at radius 1 is 1.32 bits per heavy atom. The van der Waals surface area contributed by atoms with Gasteiger partial charge in [0.15, 0.2) is 5.65 Å². The fourth-order valence-electron chi connectivity index (χ4n) is 2.46. The molecule has 0 atom stereocenters. The first-order chi connectivity index (χ1) is 9.21. The zero-order valence-electron chi connectivity index (χ0n) is 12.0. The number of imidazole rings is 1. The topological polar surface area (TPSA) is 30.7 Å². The van der Waals surface area contributed by atoms with Crippen molar-refractivity contribution in [1.82, 2.24) is 14.5 Å². The summed E-state index contributed by atoms with van der Waals surface area (Å²) in [6.07, 6.45) is 5.04. The maximum absolute atomic E-state index is 5.91. The average molecular weight is 280 g/mol. The highest BCUT2D eigenvalue weighted by atomic mass is 35.5. The molecular formula is C15H22ClN3. The lowest BCUT2D eigenvalue weighted by Gasteiger charge is -2.15. The van der Waals surface area contributed by atoms with Crippen LogP contribution < -0.4 is 0 Å². The standard InChI is InChI=1S/C15H22ClN3/c1-4-12(5-2)10-19-13(6-8-16)18-14-11(3)7-9-17-15(14)19/h7,9,12H,4-6,8,10H2,1-3H3. The Morgan fingerprint density at radius 3 is 2.68 bits per heavy atom. The van der Waals surface area contributed by atoms with Gasteiger partial charge < -0.3 is 4.57 Å². The van der Waals surface area contributed by atoms with Crippen LogP contribution in [0.3, 0.4) is 0 Å². The number of rotatable bonds is 6. The first-order valence-corrected chi connectivity index (χ1v) is 7.61. The van der Waals surface area contributed by atoms with Gasteiger partial charge in [0.25, 0.3) is 0 Å². The lowest BCUT2D eigenvalue weighted by molar-refractivity contribution is 0.416. The van der Waals surface area contributed by atoms with Crippen LogP contribution >= 0.6 is 11.6 Å². The number of pyridine rings is 1. The van der Waals surface area contributed by atoms with E-state index in [9.17, 15) is 0 Å². The molecule has 0 aliphatic carbocycles. The summed E-state index contributed by atoms with van der Waals surface area (Å²) in [5.41, 5.74) is 3.21. The van der Waals surface area contributed by atoms with Crippen LogP contribution in [0, 0.1) is 12.8 Å². The molecule has 2 rings (SSSR count). The van der Waals surface area contributed by atoms with Gasteiger partial charge in [-0.2, -0.15) is 0 Å². The summed E-state index contributed by atoms with van der Waals surface area (Å²) in [5, 5.41) is 0. The van der Waals surface area contributed by atoms with E-state index in [1.54, 1.807) is 0 Å².